The van der Waals surface area contributed by atoms with E-state index in [2.05, 4.69) is 97.7 Å². The van der Waals surface area contributed by atoms with Crippen LogP contribution in [0.4, 0.5) is 0 Å². The lowest BCUT2D eigenvalue weighted by Gasteiger charge is -2.23. The standard InChI is InChI=1S/H4I4NPS2/c1-7(2)5(6)8(3)4/h7-8H,6H2. The van der Waals surface area contributed by atoms with E-state index in [1.54, 1.807) is 0 Å². The van der Waals surface area contributed by atoms with Crippen molar-refractivity contribution in [2.24, 2.45) is 0 Å². The highest BCUT2D eigenvalue weighted by Crippen LogP contribution is 2.64. The van der Waals surface area contributed by atoms with E-state index in [1.165, 1.54) is 0 Å². The van der Waals surface area contributed by atoms with E-state index < -0.39 is 0 Å². The van der Waals surface area contributed by atoms with Crippen molar-refractivity contribution in [1.82, 2.24) is 3.48 Å². The third-order valence-electron chi connectivity index (χ3n) is 0.310. The van der Waals surface area contributed by atoms with E-state index in [0.29, 0.717) is 0 Å². The molecule has 54 valence electrons. The maximum absolute atomic E-state index is 2.75. The van der Waals surface area contributed by atoms with Gasteiger partial charge in [0.25, 0.3) is 0 Å². The van der Waals surface area contributed by atoms with Crippen molar-refractivity contribution >= 4 is 105 Å². The van der Waals surface area contributed by atoms with Crippen LogP contribution in [0, 0.1) is 0 Å². The first kappa shape index (κ1) is 12.0. The maximum atomic E-state index is 2.75. The van der Waals surface area contributed by atoms with Gasteiger partial charge in [-0.05, 0) is 94.2 Å². The molecule has 1 nitrogen and oxygen atoms in total. The Morgan fingerprint density at radius 2 is 1.25 bits per heavy atom. The van der Waals surface area contributed by atoms with Crippen LogP contribution in [0.2, 0.25) is 0 Å². The lowest BCUT2D eigenvalue weighted by Crippen LogP contribution is -1.83. The van der Waals surface area contributed by atoms with E-state index >= 15 is 0 Å². The summed E-state index contributed by atoms with van der Waals surface area (Å²) in [5.41, 5.74) is 0.0979. The van der Waals surface area contributed by atoms with Gasteiger partial charge in [0.05, 0.1) is 0 Å². The van der Waals surface area contributed by atoms with Crippen molar-refractivity contribution in [1.29, 1.82) is 0 Å². The Bertz CT molecular complexity index is 59.1. The second kappa shape index (κ2) is 6.52. The summed E-state index contributed by atoms with van der Waals surface area (Å²) in [6.45, 7) is 0. The molecule has 1 unspecified atom stereocenters. The van der Waals surface area contributed by atoms with Crippen LogP contribution in [-0.2, 0) is 0 Å². The number of halogens is 4. The predicted molar refractivity (Wildman–Crippen MR) is 85.6 cm³/mol. The van der Waals surface area contributed by atoms with Crippen molar-refractivity contribution < 1.29 is 0 Å². The first-order valence-electron chi connectivity index (χ1n) is 1.33. The van der Waals surface area contributed by atoms with Gasteiger partial charge in [0.2, 0.25) is 0 Å². The van der Waals surface area contributed by atoms with Crippen LogP contribution in [0.15, 0.2) is 0 Å². The molecule has 0 bridgehead atoms. The third-order valence-corrected chi connectivity index (χ3v) is 18.7. The van der Waals surface area contributed by atoms with E-state index in [9.17, 15) is 0 Å². The van der Waals surface area contributed by atoms with Crippen molar-refractivity contribution in [2.45, 2.75) is 0 Å². The quantitative estimate of drug-likeness (QED) is 0.265. The fraction of sp³-hybridized carbons (Fsp3) is 0. The summed E-state index contributed by atoms with van der Waals surface area (Å²) < 4.78 is 2.33. The molecule has 8 heavy (non-hydrogen) atoms. The average molecular weight is 621 g/mol. The molecule has 0 N–H and O–H groups in total. The van der Waals surface area contributed by atoms with Crippen molar-refractivity contribution in [3.8, 4) is 0 Å². The molecule has 0 spiro atoms. The second-order valence-corrected chi connectivity index (χ2v) is 26.2. The van der Waals surface area contributed by atoms with Crippen LogP contribution >= 0.6 is 105 Å². The lowest BCUT2D eigenvalue weighted by molar-refractivity contribution is 1.33. The zero-order chi connectivity index (χ0) is 6.73. The monoisotopic (exact) mass is 621 g/mol. The summed E-state index contributed by atoms with van der Waals surface area (Å²) >= 11 is 9.79. The van der Waals surface area contributed by atoms with Gasteiger partial charge in [0, 0.05) is 0 Å². The second-order valence-electron chi connectivity index (χ2n) is 0.751. The molecule has 0 saturated heterocycles. The van der Waals surface area contributed by atoms with Crippen LogP contribution in [0.25, 0.3) is 0 Å². The largest absolute Gasteiger partial charge is 0.187 e. The Hall–Kier alpha value is 4.01. The van der Waals surface area contributed by atoms with Gasteiger partial charge in [0.15, 0.2) is 0 Å². The highest BCUT2D eigenvalue weighted by molar-refractivity contribution is 14.3. The molecule has 0 fully saturated rings. The molecule has 0 saturated carbocycles. The molecule has 0 aromatic rings. The molecule has 1 atom stereocenters. The zero-order valence-electron chi connectivity index (χ0n) is 3.43. The number of hydrogen-bond acceptors (Lipinski definition) is 1. The van der Waals surface area contributed by atoms with Gasteiger partial charge in [-0.25, -0.2) is 0 Å². The molecule has 0 heterocycles. The minimum Gasteiger partial charge on any atom is -0.187 e. The minimum absolute atomic E-state index is 0.0490. The minimum atomic E-state index is 0.0490. The van der Waals surface area contributed by atoms with E-state index in [-0.39, 0.29) is 10.8 Å². The van der Waals surface area contributed by atoms with Gasteiger partial charge in [-0.2, -0.15) is 3.48 Å². The van der Waals surface area contributed by atoms with E-state index in [0.717, 1.165) is 0 Å². The highest BCUT2D eigenvalue weighted by atomic mass is 127. The molecule has 0 aliphatic rings. The molecular weight excluding hydrogens is 617 g/mol. The number of nitrogens with zero attached hydrogens (tertiary/aromatic N) is 1. The fourth-order valence-corrected chi connectivity index (χ4v) is 20.7. The molecular formula is H4I4NPS2. The summed E-state index contributed by atoms with van der Waals surface area (Å²) in [5.74, 6) is 0. The van der Waals surface area contributed by atoms with Gasteiger partial charge >= 0.3 is 0 Å². The van der Waals surface area contributed by atoms with Crippen LogP contribution in [-0.4, -0.2) is 3.48 Å². The first-order chi connectivity index (χ1) is 3.55. The topological polar surface area (TPSA) is 3.24 Å². The predicted octanol–water partition coefficient (Wildman–Crippen LogP) is 4.31. The van der Waals surface area contributed by atoms with Gasteiger partial charge < -0.3 is 0 Å². The Labute approximate surface area is 106 Å². The van der Waals surface area contributed by atoms with Crippen molar-refractivity contribution in [3.05, 3.63) is 0 Å². The molecule has 8 heteroatoms. The van der Waals surface area contributed by atoms with Crippen LogP contribution in [0.5, 0.6) is 0 Å². The molecule has 0 rings (SSSR count). The number of hydrogen-bond donors (Lipinski definition) is 2. The van der Waals surface area contributed by atoms with Crippen molar-refractivity contribution in [2.75, 3.05) is 0 Å². The van der Waals surface area contributed by atoms with Gasteiger partial charge in [-0.15, -0.1) is 0 Å². The normalized spacial score (nSPS) is 14.2. The smallest absolute Gasteiger partial charge is 0.00200 e. The Morgan fingerprint density at radius 3 is 1.25 bits per heavy atom. The summed E-state index contributed by atoms with van der Waals surface area (Å²) in [7, 11) is 2.75. The summed E-state index contributed by atoms with van der Waals surface area (Å²) in [5, 5.41) is 0. The summed E-state index contributed by atoms with van der Waals surface area (Å²) in [6, 6.07) is 0. The summed E-state index contributed by atoms with van der Waals surface area (Å²) in [6.07, 6.45) is 0. The molecule has 0 radical (unpaired) electrons. The van der Waals surface area contributed by atoms with Gasteiger partial charge in [0.1, 0.15) is 0 Å². The SMILES string of the molecule is PN([SH](I)I)[SH](I)I. The van der Waals surface area contributed by atoms with Gasteiger partial charge in [-0.3, -0.25) is 0 Å². The number of rotatable bonds is 2. The Kier molecular flexibility index (Phi) is 9.78. The number of thiol groups is 2. The fourth-order valence-electron chi connectivity index (χ4n) is 0.0511. The van der Waals surface area contributed by atoms with Crippen LogP contribution in [0.3, 0.4) is 0 Å². The maximum Gasteiger partial charge on any atom is -0.00200 e. The Morgan fingerprint density at radius 1 is 1.00 bits per heavy atom. The average Bonchev–Trinajstić information content (AvgIpc) is 1.64. The van der Waals surface area contributed by atoms with E-state index in [1.807, 2.05) is 0 Å². The van der Waals surface area contributed by atoms with Crippen molar-refractivity contribution in [3.63, 3.8) is 0 Å². The molecule has 0 aromatic carbocycles. The first-order valence-corrected chi connectivity index (χ1v) is 15.6. The third kappa shape index (κ3) is 5.63. The summed E-state index contributed by atoms with van der Waals surface area (Å²) in [4.78, 5) is 0. The molecule has 0 amide bonds. The molecule has 0 aliphatic carbocycles. The Balaban J connectivity index is 3.46. The van der Waals surface area contributed by atoms with Crippen LogP contribution in [0.1, 0.15) is 0 Å². The van der Waals surface area contributed by atoms with Gasteiger partial charge in [-0.1, -0.05) is 10.8 Å². The highest BCUT2D eigenvalue weighted by Gasteiger charge is 2.05. The zero-order valence-corrected chi connectivity index (χ0v) is 15.0. The lowest BCUT2D eigenvalue weighted by atomic mass is 13.8. The molecule has 0 aromatic heterocycles. The molecule has 0 aliphatic heterocycles. The van der Waals surface area contributed by atoms with Crippen LogP contribution < -0.4 is 0 Å². The van der Waals surface area contributed by atoms with E-state index in [4.69, 9.17) is 0 Å².